The number of nitrogens with two attached hydrogens (primary N) is 1. The fraction of sp³-hybridized carbons (Fsp3) is 0.333. The molecule has 0 radical (unpaired) electrons. The van der Waals surface area contributed by atoms with Gasteiger partial charge < -0.3 is 20.9 Å². The average Bonchev–Trinajstić information content (AvgIpc) is 3.29. The average molecular weight is 477 g/mol. The number of rotatable bonds is 6. The number of amides is 1. The largest absolute Gasteiger partial charge is 0.463 e. The highest BCUT2D eigenvalue weighted by atomic mass is 32.2. The zero-order valence-electron chi connectivity index (χ0n) is 17.2. The highest BCUT2D eigenvalue weighted by molar-refractivity contribution is 8.15. The predicted octanol–water partition coefficient (Wildman–Crippen LogP) is 2.15. The molecule has 1 unspecified atom stereocenters. The van der Waals surface area contributed by atoms with Gasteiger partial charge in [-0.3, -0.25) is 9.79 Å². The van der Waals surface area contributed by atoms with Gasteiger partial charge in [0.1, 0.15) is 16.3 Å². The van der Waals surface area contributed by atoms with Gasteiger partial charge in [0.05, 0.1) is 30.5 Å². The number of nitrogens with zero attached hydrogens (tertiary/aromatic N) is 3. The Labute approximate surface area is 190 Å². The summed E-state index contributed by atoms with van der Waals surface area (Å²) in [6.45, 7) is 0.472. The fourth-order valence-corrected chi connectivity index (χ4v) is 5.49. The normalized spacial score (nSPS) is 27.0. The van der Waals surface area contributed by atoms with Crippen molar-refractivity contribution in [1.29, 1.82) is 0 Å². The van der Waals surface area contributed by atoms with E-state index in [4.69, 9.17) is 16.9 Å². The third kappa shape index (κ3) is 3.57. The fourth-order valence-electron chi connectivity index (χ4n) is 4.12. The maximum absolute atomic E-state index is 14.8. The van der Waals surface area contributed by atoms with Crippen LogP contribution in [-0.2, 0) is 5.54 Å². The van der Waals surface area contributed by atoms with Crippen LogP contribution in [0.15, 0.2) is 35.6 Å². The molecule has 0 bridgehead atoms. The van der Waals surface area contributed by atoms with Gasteiger partial charge in [0.2, 0.25) is 5.88 Å². The number of fused-ring (bicyclic) bond motifs is 1. The van der Waals surface area contributed by atoms with Gasteiger partial charge in [-0.1, -0.05) is 17.7 Å². The molecule has 8 nitrogen and oxygen atoms in total. The number of aliphatic hydroxyl groups excluding tert-OH is 1. The van der Waals surface area contributed by atoms with Gasteiger partial charge in [-0.25, -0.2) is 23.1 Å². The van der Waals surface area contributed by atoms with Gasteiger partial charge in [-0.05, 0) is 25.1 Å². The minimum Gasteiger partial charge on any atom is -0.463 e. The van der Waals surface area contributed by atoms with E-state index >= 15 is 0 Å². The molecular weight excluding hydrogens is 459 g/mol. The summed E-state index contributed by atoms with van der Waals surface area (Å²) in [5, 5.41) is 12.0. The molecule has 0 spiro atoms. The molecule has 4 N–H and O–H groups in total. The van der Waals surface area contributed by atoms with Crippen LogP contribution in [0.1, 0.15) is 23.0 Å². The van der Waals surface area contributed by atoms with Crippen LogP contribution in [0.4, 0.5) is 18.9 Å². The number of amidine groups is 1. The maximum atomic E-state index is 14.8. The third-order valence-electron chi connectivity index (χ3n) is 5.67. The second-order valence-corrected chi connectivity index (χ2v) is 9.04. The summed E-state index contributed by atoms with van der Waals surface area (Å²) in [6.07, 6.45) is 7.47. The number of aromatic nitrogens is 2. The molecule has 1 amide bonds. The molecule has 2 heterocycles. The number of thioether (sulfide) groups is 1. The van der Waals surface area contributed by atoms with Gasteiger partial charge in [-0.15, -0.1) is 6.42 Å². The Kier molecular flexibility index (Phi) is 5.50. The summed E-state index contributed by atoms with van der Waals surface area (Å²) in [5.41, 5.74) is 3.88. The van der Waals surface area contributed by atoms with Crippen LogP contribution in [0.25, 0.3) is 0 Å². The van der Waals surface area contributed by atoms with E-state index in [0.29, 0.717) is 11.8 Å². The molecule has 2 aromatic rings. The summed E-state index contributed by atoms with van der Waals surface area (Å²) in [4.78, 5) is 24.5. The van der Waals surface area contributed by atoms with Crippen LogP contribution < -0.4 is 15.8 Å². The molecule has 0 saturated heterocycles. The highest BCUT2D eigenvalue weighted by Crippen LogP contribution is 2.74. The Morgan fingerprint density at radius 2 is 2.15 bits per heavy atom. The van der Waals surface area contributed by atoms with E-state index < -0.39 is 40.5 Å². The first-order valence-electron chi connectivity index (χ1n) is 9.62. The van der Waals surface area contributed by atoms with E-state index in [-0.39, 0.29) is 34.6 Å². The van der Waals surface area contributed by atoms with Crippen molar-refractivity contribution in [1.82, 2.24) is 9.97 Å². The summed E-state index contributed by atoms with van der Waals surface area (Å²) >= 11 is 0.590. The number of alkyl halides is 2. The van der Waals surface area contributed by atoms with Gasteiger partial charge in [0.25, 0.3) is 11.8 Å². The van der Waals surface area contributed by atoms with Crippen molar-refractivity contribution in [2.24, 2.45) is 16.6 Å². The Bertz CT molecular complexity index is 1190. The molecule has 172 valence electrons. The number of ether oxygens (including phenoxy) is 1. The van der Waals surface area contributed by atoms with Crippen molar-refractivity contribution in [3.05, 3.63) is 47.7 Å². The topological polar surface area (TPSA) is 123 Å². The lowest BCUT2D eigenvalue weighted by molar-refractivity contribution is 0.0685. The van der Waals surface area contributed by atoms with E-state index in [0.717, 1.165) is 12.3 Å². The second-order valence-electron chi connectivity index (χ2n) is 7.68. The van der Waals surface area contributed by atoms with Gasteiger partial charge in [0.15, 0.2) is 11.8 Å². The van der Waals surface area contributed by atoms with Crippen molar-refractivity contribution >= 4 is 28.5 Å². The van der Waals surface area contributed by atoms with Crippen molar-refractivity contribution in [2.45, 2.75) is 23.1 Å². The smallest absolute Gasteiger partial charge is 0.275 e. The number of aliphatic hydroxyl groups is 1. The lowest BCUT2D eigenvalue weighted by Gasteiger charge is -2.32. The van der Waals surface area contributed by atoms with Crippen molar-refractivity contribution in [3.63, 3.8) is 0 Å². The molecule has 1 aromatic carbocycles. The summed E-state index contributed by atoms with van der Waals surface area (Å²) in [7, 11) is 0. The van der Waals surface area contributed by atoms with E-state index in [1.54, 1.807) is 0 Å². The number of aliphatic imine (C=N–C) groups is 1. The molecule has 1 aliphatic carbocycles. The number of halogens is 3. The van der Waals surface area contributed by atoms with Crippen LogP contribution >= 0.6 is 11.8 Å². The van der Waals surface area contributed by atoms with Crippen molar-refractivity contribution < 1.29 is 27.8 Å². The van der Waals surface area contributed by atoms with Crippen LogP contribution in [-0.4, -0.2) is 50.0 Å². The quantitative estimate of drug-likeness (QED) is 0.545. The number of nitrogens with one attached hydrogen (secondary N) is 1. The van der Waals surface area contributed by atoms with Crippen LogP contribution in [0, 0.1) is 24.1 Å². The number of hydrogen-bond donors (Lipinski definition) is 3. The number of carbonyl (C=O) groups excluding carboxylic acids is 1. The molecular formula is C21H18F3N5O3S. The van der Waals surface area contributed by atoms with Gasteiger partial charge in [-0.2, -0.15) is 0 Å². The van der Waals surface area contributed by atoms with Crippen molar-refractivity contribution in [2.75, 3.05) is 18.5 Å². The summed E-state index contributed by atoms with van der Waals surface area (Å²) in [6, 6.07) is 3.52. The zero-order valence-corrected chi connectivity index (χ0v) is 18.0. The monoisotopic (exact) mass is 477 g/mol. The standard InChI is InChI=1S/C21H18F3N5O3S/c1-3-6-32-15-9-26-14(8-27-15)16(31)28-11-4-5-13(22)12(7-11)19(2)17-20(10-30,21(17,23)24)33-18(25)29-19/h1,4-5,7-9,17,30H,6,10H2,2H3,(H2,25,29)(H,28,31)/t17?,19-,20-/m1/s1. The van der Waals surface area contributed by atoms with Gasteiger partial charge in [0, 0.05) is 11.3 Å². The molecule has 1 fully saturated rings. The SMILES string of the molecule is C#CCOc1cnc(C(=O)Nc2ccc(F)c([C@@]3(C)N=C(N)S[C@]4(CO)C3C4(F)F)c2)cn1. The molecule has 33 heavy (non-hydrogen) atoms. The zero-order chi connectivity index (χ0) is 24.0. The molecule has 3 atom stereocenters. The Morgan fingerprint density at radius 3 is 2.79 bits per heavy atom. The van der Waals surface area contributed by atoms with Crippen molar-refractivity contribution in [3.8, 4) is 18.2 Å². The first-order valence-corrected chi connectivity index (χ1v) is 10.4. The Balaban J connectivity index is 1.62. The van der Waals surface area contributed by atoms with E-state index in [2.05, 4.69) is 26.2 Å². The first kappa shape index (κ1) is 22.9. The van der Waals surface area contributed by atoms with E-state index in [9.17, 15) is 23.1 Å². The van der Waals surface area contributed by atoms with Crippen LogP contribution in [0.5, 0.6) is 5.88 Å². The Hall–Kier alpha value is -3.30. The number of terminal acetylenes is 1. The van der Waals surface area contributed by atoms with E-state index in [1.165, 1.54) is 25.3 Å². The number of benzene rings is 1. The number of carbonyl (C=O) groups is 1. The van der Waals surface area contributed by atoms with E-state index in [1.807, 2.05) is 0 Å². The van der Waals surface area contributed by atoms with Crippen LogP contribution in [0.2, 0.25) is 0 Å². The molecule has 1 aliphatic heterocycles. The first-order chi connectivity index (χ1) is 15.6. The number of hydrogen-bond acceptors (Lipinski definition) is 8. The lowest BCUT2D eigenvalue weighted by atomic mass is 9.85. The summed E-state index contributed by atoms with van der Waals surface area (Å²) in [5.74, 6) is -3.88. The maximum Gasteiger partial charge on any atom is 0.275 e. The minimum absolute atomic E-state index is 0.0134. The molecule has 4 rings (SSSR count). The number of anilines is 1. The Morgan fingerprint density at radius 1 is 1.39 bits per heavy atom. The predicted molar refractivity (Wildman–Crippen MR) is 116 cm³/mol. The van der Waals surface area contributed by atoms with Crippen LogP contribution in [0.3, 0.4) is 0 Å². The molecule has 12 heteroatoms. The second kappa shape index (κ2) is 7.93. The third-order valence-corrected chi connectivity index (χ3v) is 6.97. The summed E-state index contributed by atoms with van der Waals surface area (Å²) < 4.78 is 47.5. The lowest BCUT2D eigenvalue weighted by Crippen LogP contribution is -2.37. The van der Waals surface area contributed by atoms with Gasteiger partial charge >= 0.3 is 0 Å². The highest BCUT2D eigenvalue weighted by Gasteiger charge is 2.87. The molecule has 1 saturated carbocycles. The molecule has 1 aromatic heterocycles. The minimum atomic E-state index is -3.32. The molecule has 2 aliphatic rings.